The van der Waals surface area contributed by atoms with E-state index in [1.54, 1.807) is 0 Å². The first-order chi connectivity index (χ1) is 9.85. The lowest BCUT2D eigenvalue weighted by molar-refractivity contribution is 0.429. The molecule has 0 atom stereocenters. The van der Waals surface area contributed by atoms with Crippen LogP contribution < -0.4 is 0 Å². The second kappa shape index (κ2) is 7.90. The lowest BCUT2D eigenvalue weighted by Gasteiger charge is -2.25. The Hall–Kier alpha value is -1.55. The van der Waals surface area contributed by atoms with E-state index < -0.39 is 0 Å². The van der Waals surface area contributed by atoms with Crippen molar-refractivity contribution in [1.29, 1.82) is 5.26 Å². The summed E-state index contributed by atoms with van der Waals surface area (Å²) in [6.45, 7) is 2.25. The Balaban J connectivity index is 2.19. The molecule has 2 rings (SSSR count). The van der Waals surface area contributed by atoms with Crippen molar-refractivity contribution in [2.24, 2.45) is 5.92 Å². The maximum absolute atomic E-state index is 8.92. The SMILES string of the molecule is CCCCC=C(c1ccc(C#N)cc1)C1CCCCC1. The third-order valence-electron chi connectivity index (χ3n) is 4.31. The van der Waals surface area contributed by atoms with Gasteiger partial charge in [-0.3, -0.25) is 0 Å². The zero-order valence-electron chi connectivity index (χ0n) is 12.6. The van der Waals surface area contributed by atoms with Crippen LogP contribution in [0.3, 0.4) is 0 Å². The van der Waals surface area contributed by atoms with Crippen LogP contribution in [0.1, 0.15) is 69.4 Å². The molecule has 0 aromatic heterocycles. The van der Waals surface area contributed by atoms with Gasteiger partial charge in [0.1, 0.15) is 0 Å². The van der Waals surface area contributed by atoms with E-state index in [0.717, 1.165) is 11.5 Å². The van der Waals surface area contributed by atoms with Crippen LogP contribution in [0.4, 0.5) is 0 Å². The maximum Gasteiger partial charge on any atom is 0.0991 e. The molecule has 0 unspecified atom stereocenters. The molecule has 1 heteroatoms. The Labute approximate surface area is 123 Å². The second-order valence-corrected chi connectivity index (χ2v) is 5.83. The third-order valence-corrected chi connectivity index (χ3v) is 4.31. The van der Waals surface area contributed by atoms with E-state index in [4.69, 9.17) is 5.26 Å². The van der Waals surface area contributed by atoms with Crippen molar-refractivity contribution in [3.63, 3.8) is 0 Å². The van der Waals surface area contributed by atoms with Crippen LogP contribution in [0, 0.1) is 17.2 Å². The van der Waals surface area contributed by atoms with Crippen molar-refractivity contribution in [3.8, 4) is 6.07 Å². The fourth-order valence-electron chi connectivity index (χ4n) is 3.13. The summed E-state index contributed by atoms with van der Waals surface area (Å²) in [5.41, 5.74) is 3.61. The van der Waals surface area contributed by atoms with Crippen molar-refractivity contribution >= 4 is 5.57 Å². The number of allylic oxidation sites excluding steroid dienone is 2. The van der Waals surface area contributed by atoms with Crippen LogP contribution in [-0.2, 0) is 0 Å². The van der Waals surface area contributed by atoms with Crippen LogP contribution in [0.5, 0.6) is 0 Å². The quantitative estimate of drug-likeness (QED) is 0.627. The molecule has 106 valence electrons. The van der Waals surface area contributed by atoms with E-state index in [0.29, 0.717) is 0 Å². The molecule has 1 aliphatic carbocycles. The van der Waals surface area contributed by atoms with Crippen LogP contribution in [0.15, 0.2) is 30.3 Å². The Morgan fingerprint density at radius 2 is 1.90 bits per heavy atom. The largest absolute Gasteiger partial charge is 0.192 e. The normalized spacial score (nSPS) is 16.9. The highest BCUT2D eigenvalue weighted by Crippen LogP contribution is 2.35. The Kier molecular flexibility index (Phi) is 5.87. The zero-order chi connectivity index (χ0) is 14.2. The summed E-state index contributed by atoms with van der Waals surface area (Å²) in [6, 6.07) is 10.4. The molecule has 0 heterocycles. The molecule has 1 saturated carbocycles. The van der Waals surface area contributed by atoms with Gasteiger partial charge in [0, 0.05) is 0 Å². The van der Waals surface area contributed by atoms with Gasteiger partial charge in [0.2, 0.25) is 0 Å². The highest BCUT2D eigenvalue weighted by molar-refractivity contribution is 5.68. The summed E-state index contributed by atoms with van der Waals surface area (Å²) in [7, 11) is 0. The molecule has 1 aromatic rings. The minimum atomic E-state index is 0.730. The summed E-state index contributed by atoms with van der Waals surface area (Å²) < 4.78 is 0. The molecule has 20 heavy (non-hydrogen) atoms. The van der Waals surface area contributed by atoms with Crippen molar-refractivity contribution in [1.82, 2.24) is 0 Å². The van der Waals surface area contributed by atoms with Crippen LogP contribution in [0.25, 0.3) is 5.57 Å². The number of hydrogen-bond donors (Lipinski definition) is 0. The summed E-state index contributed by atoms with van der Waals surface area (Å²) in [6.07, 6.45) is 13.0. The minimum absolute atomic E-state index is 0.730. The van der Waals surface area contributed by atoms with Crippen LogP contribution >= 0.6 is 0 Å². The predicted molar refractivity (Wildman–Crippen MR) is 85.2 cm³/mol. The number of unbranched alkanes of at least 4 members (excludes halogenated alkanes) is 2. The molecule has 0 spiro atoms. The van der Waals surface area contributed by atoms with E-state index >= 15 is 0 Å². The topological polar surface area (TPSA) is 23.8 Å². The van der Waals surface area contributed by atoms with Gasteiger partial charge >= 0.3 is 0 Å². The van der Waals surface area contributed by atoms with Crippen molar-refractivity contribution in [2.75, 3.05) is 0 Å². The summed E-state index contributed by atoms with van der Waals surface area (Å²) >= 11 is 0. The van der Waals surface area contributed by atoms with Gasteiger partial charge in [0.25, 0.3) is 0 Å². The van der Waals surface area contributed by atoms with Crippen molar-refractivity contribution in [3.05, 3.63) is 41.5 Å². The number of nitriles is 1. The smallest absolute Gasteiger partial charge is 0.0991 e. The monoisotopic (exact) mass is 267 g/mol. The predicted octanol–water partition coefficient (Wildman–Crippen LogP) is 5.71. The lowest BCUT2D eigenvalue weighted by atomic mass is 9.80. The highest BCUT2D eigenvalue weighted by atomic mass is 14.2. The van der Waals surface area contributed by atoms with Gasteiger partial charge in [0.15, 0.2) is 0 Å². The fourth-order valence-corrected chi connectivity index (χ4v) is 3.13. The molecule has 0 N–H and O–H groups in total. The third kappa shape index (κ3) is 3.97. The van der Waals surface area contributed by atoms with Crippen molar-refractivity contribution in [2.45, 2.75) is 58.3 Å². The molecular weight excluding hydrogens is 242 g/mol. The first-order valence-corrected chi connectivity index (χ1v) is 8.05. The molecule has 1 aromatic carbocycles. The second-order valence-electron chi connectivity index (χ2n) is 5.83. The average molecular weight is 267 g/mol. The number of benzene rings is 1. The summed E-state index contributed by atoms with van der Waals surface area (Å²) in [4.78, 5) is 0. The fraction of sp³-hybridized carbons (Fsp3) is 0.526. The van der Waals surface area contributed by atoms with Gasteiger partial charge in [-0.05, 0) is 48.4 Å². The van der Waals surface area contributed by atoms with Crippen molar-refractivity contribution < 1.29 is 0 Å². The minimum Gasteiger partial charge on any atom is -0.192 e. The first-order valence-electron chi connectivity index (χ1n) is 8.05. The number of rotatable bonds is 5. The maximum atomic E-state index is 8.92. The van der Waals surface area contributed by atoms with Gasteiger partial charge in [-0.25, -0.2) is 0 Å². The molecule has 1 nitrogen and oxygen atoms in total. The Morgan fingerprint density at radius 1 is 1.20 bits per heavy atom. The van der Waals surface area contributed by atoms with Crippen LogP contribution in [0.2, 0.25) is 0 Å². The van der Waals surface area contributed by atoms with Gasteiger partial charge in [-0.1, -0.05) is 57.2 Å². The molecule has 1 aliphatic rings. The molecular formula is C19H25N. The molecule has 1 fully saturated rings. The Bertz CT molecular complexity index is 469. The van der Waals surface area contributed by atoms with E-state index in [9.17, 15) is 0 Å². The summed E-state index contributed by atoms with van der Waals surface area (Å²) in [5, 5.41) is 8.92. The van der Waals surface area contributed by atoms with E-state index in [1.807, 2.05) is 12.1 Å². The average Bonchev–Trinajstić information content (AvgIpc) is 2.53. The number of nitrogens with zero attached hydrogens (tertiary/aromatic N) is 1. The standard InChI is InChI=1S/C19H25N/c1-2-3-5-10-19(17-8-6-4-7-9-17)18-13-11-16(15-20)12-14-18/h10-14,17H,2-9H2,1H3. The Morgan fingerprint density at radius 3 is 2.50 bits per heavy atom. The summed E-state index contributed by atoms with van der Waals surface area (Å²) in [5.74, 6) is 0.730. The lowest BCUT2D eigenvalue weighted by Crippen LogP contribution is -2.08. The molecule has 0 bridgehead atoms. The van der Waals surface area contributed by atoms with Gasteiger partial charge in [0.05, 0.1) is 11.6 Å². The first kappa shape index (κ1) is 14.9. The van der Waals surface area contributed by atoms with Gasteiger partial charge in [-0.2, -0.15) is 5.26 Å². The van der Waals surface area contributed by atoms with Gasteiger partial charge < -0.3 is 0 Å². The molecule has 0 amide bonds. The molecule has 0 radical (unpaired) electrons. The highest BCUT2D eigenvalue weighted by Gasteiger charge is 2.18. The number of hydrogen-bond acceptors (Lipinski definition) is 1. The molecule has 0 aliphatic heterocycles. The zero-order valence-corrected chi connectivity index (χ0v) is 12.6. The van der Waals surface area contributed by atoms with E-state index in [-0.39, 0.29) is 0 Å². The van der Waals surface area contributed by atoms with Crippen LogP contribution in [-0.4, -0.2) is 0 Å². The van der Waals surface area contributed by atoms with E-state index in [1.165, 1.54) is 62.5 Å². The van der Waals surface area contributed by atoms with Gasteiger partial charge in [-0.15, -0.1) is 0 Å². The van der Waals surface area contributed by atoms with E-state index in [2.05, 4.69) is 31.2 Å². The molecule has 0 saturated heterocycles.